The lowest BCUT2D eigenvalue weighted by atomic mass is 10.2. The first-order valence-electron chi connectivity index (χ1n) is 7.63. The first kappa shape index (κ1) is 20.5. The molecule has 0 bridgehead atoms. The summed E-state index contributed by atoms with van der Waals surface area (Å²) in [6.07, 6.45) is 1.02. The molecule has 0 aliphatic carbocycles. The highest BCUT2D eigenvalue weighted by Gasteiger charge is 2.13. The van der Waals surface area contributed by atoms with Crippen LogP contribution in [0.3, 0.4) is 0 Å². The molecule has 140 valence electrons. The Balaban J connectivity index is 1.86. The fraction of sp³-hybridized carbons (Fsp3) is 0.235. The van der Waals surface area contributed by atoms with E-state index in [9.17, 15) is 17.6 Å². The number of sulfonamides is 1. The third-order valence-corrected chi connectivity index (χ3v) is 5.24. The van der Waals surface area contributed by atoms with Crippen molar-refractivity contribution in [3.05, 3.63) is 64.4 Å². The second-order valence-corrected chi connectivity index (χ2v) is 8.69. The topological polar surface area (TPSA) is 75.3 Å². The predicted molar refractivity (Wildman–Crippen MR) is 105 cm³/mol. The number of hydrogen-bond acceptors (Lipinski definition) is 4. The van der Waals surface area contributed by atoms with Crippen molar-refractivity contribution in [2.75, 3.05) is 23.3 Å². The molecule has 2 rings (SSSR count). The van der Waals surface area contributed by atoms with Gasteiger partial charge < -0.3 is 5.32 Å². The van der Waals surface area contributed by atoms with Gasteiger partial charge in [0, 0.05) is 28.6 Å². The molecule has 0 aliphatic rings. The van der Waals surface area contributed by atoms with Crippen LogP contribution in [0.2, 0.25) is 5.02 Å². The van der Waals surface area contributed by atoms with Crippen LogP contribution < -0.4 is 10.0 Å². The number of hydrogen-bond donors (Lipinski definition) is 2. The molecular weight excluding hydrogens is 399 g/mol. The molecule has 9 heteroatoms. The maximum absolute atomic E-state index is 13.7. The van der Waals surface area contributed by atoms with Crippen molar-refractivity contribution in [1.29, 1.82) is 0 Å². The van der Waals surface area contributed by atoms with Crippen molar-refractivity contribution < 1.29 is 17.6 Å². The molecule has 0 spiro atoms. The highest BCUT2D eigenvalue weighted by atomic mass is 35.5. The summed E-state index contributed by atoms with van der Waals surface area (Å²) >= 11 is 7.40. The molecule has 0 fully saturated rings. The maximum atomic E-state index is 13.7. The van der Waals surface area contributed by atoms with Gasteiger partial charge in [-0.2, -0.15) is 11.8 Å². The third kappa shape index (κ3) is 6.19. The number of carbonyl (C=O) groups excluding carboxylic acids is 1. The lowest BCUT2D eigenvalue weighted by molar-refractivity contribution is 0.0957. The van der Waals surface area contributed by atoms with E-state index in [2.05, 4.69) is 10.0 Å². The van der Waals surface area contributed by atoms with Crippen molar-refractivity contribution in [2.24, 2.45) is 0 Å². The van der Waals surface area contributed by atoms with E-state index < -0.39 is 10.0 Å². The summed E-state index contributed by atoms with van der Waals surface area (Å²) in [5, 5.41) is 3.10. The Morgan fingerprint density at radius 3 is 2.62 bits per heavy atom. The van der Waals surface area contributed by atoms with E-state index in [4.69, 9.17) is 11.6 Å². The van der Waals surface area contributed by atoms with E-state index in [-0.39, 0.29) is 23.0 Å². The number of rotatable bonds is 8. The van der Waals surface area contributed by atoms with Crippen LogP contribution in [0.15, 0.2) is 42.5 Å². The number of carbonyl (C=O) groups is 1. The molecular formula is C17H18ClFN2O3S2. The minimum absolute atomic E-state index is 0.221. The van der Waals surface area contributed by atoms with Gasteiger partial charge in [-0.3, -0.25) is 9.52 Å². The van der Waals surface area contributed by atoms with Gasteiger partial charge in [0.2, 0.25) is 10.0 Å². The van der Waals surface area contributed by atoms with Gasteiger partial charge in [-0.25, -0.2) is 12.8 Å². The summed E-state index contributed by atoms with van der Waals surface area (Å²) in [6, 6.07) is 10.9. The second-order valence-electron chi connectivity index (χ2n) is 5.43. The fourth-order valence-corrected chi connectivity index (χ4v) is 3.92. The summed E-state index contributed by atoms with van der Waals surface area (Å²) in [7, 11) is -3.48. The van der Waals surface area contributed by atoms with E-state index >= 15 is 0 Å². The summed E-state index contributed by atoms with van der Waals surface area (Å²) < 4.78 is 38.7. The number of halogens is 2. The van der Waals surface area contributed by atoms with Crippen LogP contribution in [0.5, 0.6) is 0 Å². The third-order valence-electron chi connectivity index (χ3n) is 3.31. The number of thioether (sulfide) groups is 1. The Morgan fingerprint density at radius 1 is 1.19 bits per heavy atom. The molecule has 0 radical (unpaired) electrons. The van der Waals surface area contributed by atoms with Gasteiger partial charge >= 0.3 is 0 Å². The van der Waals surface area contributed by atoms with Crippen LogP contribution in [0.4, 0.5) is 10.1 Å². The molecule has 2 aromatic carbocycles. The van der Waals surface area contributed by atoms with Gasteiger partial charge in [-0.1, -0.05) is 29.8 Å². The summed E-state index contributed by atoms with van der Waals surface area (Å²) in [5.41, 5.74) is 0.895. The summed E-state index contributed by atoms with van der Waals surface area (Å²) in [6.45, 7) is 0.350. The summed E-state index contributed by atoms with van der Waals surface area (Å²) in [5.74, 6) is 0.210. The zero-order valence-corrected chi connectivity index (χ0v) is 16.3. The standard InChI is InChI=1S/C17H18ClFN2O3S2/c1-26(23,24)21-16-8-3-2-5-12(16)17(22)20-9-10-25-11-13-14(18)6-4-7-15(13)19/h2-8,21H,9-11H2,1H3,(H,20,22). The van der Waals surface area contributed by atoms with Crippen molar-refractivity contribution >= 4 is 45.0 Å². The second kappa shape index (κ2) is 9.25. The molecule has 0 atom stereocenters. The molecule has 0 saturated carbocycles. The number of anilines is 1. The van der Waals surface area contributed by atoms with E-state index in [1.165, 1.54) is 30.0 Å². The smallest absolute Gasteiger partial charge is 0.253 e. The Hall–Kier alpha value is -1.77. The van der Waals surface area contributed by atoms with Crippen LogP contribution >= 0.6 is 23.4 Å². The Morgan fingerprint density at radius 2 is 1.92 bits per heavy atom. The maximum Gasteiger partial charge on any atom is 0.253 e. The van der Waals surface area contributed by atoms with Crippen LogP contribution in [-0.2, 0) is 15.8 Å². The monoisotopic (exact) mass is 416 g/mol. The zero-order valence-electron chi connectivity index (χ0n) is 14.0. The van der Waals surface area contributed by atoms with Gasteiger partial charge in [0.15, 0.2) is 0 Å². The lowest BCUT2D eigenvalue weighted by Gasteiger charge is -2.11. The summed E-state index contributed by atoms with van der Waals surface area (Å²) in [4.78, 5) is 12.3. The molecule has 0 aromatic heterocycles. The SMILES string of the molecule is CS(=O)(=O)Nc1ccccc1C(=O)NCCSCc1c(F)cccc1Cl. The first-order chi connectivity index (χ1) is 12.3. The van der Waals surface area contributed by atoms with Crippen LogP contribution in [-0.4, -0.2) is 32.9 Å². The largest absolute Gasteiger partial charge is 0.351 e. The molecule has 1 amide bonds. The van der Waals surface area contributed by atoms with Gasteiger partial charge in [-0.15, -0.1) is 0 Å². The van der Waals surface area contributed by atoms with Crippen molar-refractivity contribution in [2.45, 2.75) is 5.75 Å². The van der Waals surface area contributed by atoms with Crippen molar-refractivity contribution in [3.63, 3.8) is 0 Å². The van der Waals surface area contributed by atoms with Crippen molar-refractivity contribution in [3.8, 4) is 0 Å². The number of amides is 1. The molecule has 2 aromatic rings. The fourth-order valence-electron chi connectivity index (χ4n) is 2.15. The van der Waals surface area contributed by atoms with Gasteiger partial charge in [0.05, 0.1) is 17.5 Å². The van der Waals surface area contributed by atoms with Crippen LogP contribution in [0, 0.1) is 5.82 Å². The normalized spacial score (nSPS) is 11.2. The van der Waals surface area contributed by atoms with Gasteiger partial charge in [0.25, 0.3) is 5.91 Å². The minimum atomic E-state index is -3.48. The molecule has 5 nitrogen and oxygen atoms in total. The quantitative estimate of drug-likeness (QED) is 0.645. The average Bonchev–Trinajstić information content (AvgIpc) is 2.55. The molecule has 0 unspecified atom stereocenters. The van der Waals surface area contributed by atoms with E-state index in [1.54, 1.807) is 24.3 Å². The van der Waals surface area contributed by atoms with Gasteiger partial charge in [0.1, 0.15) is 5.82 Å². The Bertz CT molecular complexity index is 871. The molecule has 2 N–H and O–H groups in total. The Labute approximate surface area is 161 Å². The van der Waals surface area contributed by atoms with Crippen LogP contribution in [0.25, 0.3) is 0 Å². The van der Waals surface area contributed by atoms with E-state index in [0.717, 1.165) is 6.26 Å². The van der Waals surface area contributed by atoms with Crippen LogP contribution in [0.1, 0.15) is 15.9 Å². The highest BCUT2D eigenvalue weighted by molar-refractivity contribution is 7.98. The minimum Gasteiger partial charge on any atom is -0.351 e. The first-order valence-corrected chi connectivity index (χ1v) is 11.1. The Kier molecular flexibility index (Phi) is 7.31. The molecule has 0 heterocycles. The predicted octanol–water partition coefficient (Wildman–Crippen LogP) is 3.51. The zero-order chi connectivity index (χ0) is 19.2. The number of para-hydroxylation sites is 1. The van der Waals surface area contributed by atoms with Gasteiger partial charge in [-0.05, 0) is 24.3 Å². The average molecular weight is 417 g/mol. The van der Waals surface area contributed by atoms with Crippen molar-refractivity contribution in [1.82, 2.24) is 5.32 Å². The molecule has 0 saturated heterocycles. The number of nitrogens with one attached hydrogen (secondary N) is 2. The van der Waals surface area contributed by atoms with E-state index in [0.29, 0.717) is 28.6 Å². The molecule has 26 heavy (non-hydrogen) atoms. The molecule has 0 aliphatic heterocycles. The van der Waals surface area contributed by atoms with E-state index in [1.807, 2.05) is 0 Å². The lowest BCUT2D eigenvalue weighted by Crippen LogP contribution is -2.27. The highest BCUT2D eigenvalue weighted by Crippen LogP contribution is 2.23. The number of benzene rings is 2.